The van der Waals surface area contributed by atoms with Gasteiger partial charge in [-0.2, -0.15) is 4.62 Å². The second kappa shape index (κ2) is 26.5. The van der Waals surface area contributed by atoms with E-state index in [9.17, 15) is 28.1 Å². The van der Waals surface area contributed by atoms with Crippen LogP contribution in [0.5, 0.6) is 5.75 Å². The number of hydroxylamine groups is 2. The summed E-state index contributed by atoms with van der Waals surface area (Å²) in [7, 11) is -8.91. The molecule has 0 saturated heterocycles. The first-order valence-corrected chi connectivity index (χ1v) is 25.3. The average molecular weight is 953 g/mol. The Hall–Kier alpha value is -3.08. The number of carbonyl (C=O) groups excluding carboxylic acids is 3. The first-order valence-electron chi connectivity index (χ1n) is 19.3. The summed E-state index contributed by atoms with van der Waals surface area (Å²) < 4.78 is 81.8. The summed E-state index contributed by atoms with van der Waals surface area (Å²) in [5.41, 5.74) is 0.587. The number of halogens is 1. The molecule has 0 saturated carbocycles. The van der Waals surface area contributed by atoms with Gasteiger partial charge in [0.1, 0.15) is 16.5 Å². The molecule has 17 nitrogen and oxygen atoms in total. The fraction of sp³-hybridized carbons (Fsp3) is 0.462. The molecule has 3 amide bonds. The molecule has 61 heavy (non-hydrogen) atoms. The highest BCUT2D eigenvalue weighted by Crippen LogP contribution is 2.52. The van der Waals surface area contributed by atoms with Crippen molar-refractivity contribution in [1.82, 2.24) is 9.96 Å². The second-order valence-corrected chi connectivity index (χ2v) is 18.3. The molecule has 0 fully saturated rings. The maximum atomic E-state index is 12.6. The Labute approximate surface area is 367 Å². The smallest absolute Gasteiger partial charge is 0.407 e. The maximum absolute atomic E-state index is 12.6. The van der Waals surface area contributed by atoms with Gasteiger partial charge in [0, 0.05) is 37.6 Å². The zero-order valence-corrected chi connectivity index (χ0v) is 40.3. The van der Waals surface area contributed by atoms with Crippen LogP contribution >= 0.6 is 46.8 Å². The van der Waals surface area contributed by atoms with Gasteiger partial charge in [-0.25, -0.2) is 13.7 Å². The zero-order chi connectivity index (χ0) is 45.8. The van der Waals surface area contributed by atoms with Crippen LogP contribution in [0.25, 0.3) is 10.8 Å². The number of phosphoric ester groups is 3. The Bertz CT molecular complexity index is 2010. The molecule has 0 aliphatic carbocycles. The van der Waals surface area contributed by atoms with E-state index in [0.29, 0.717) is 53.6 Å². The monoisotopic (exact) mass is 952 g/mol. The molecule has 0 spiro atoms. The third kappa shape index (κ3) is 15.9. The van der Waals surface area contributed by atoms with Crippen molar-refractivity contribution in [3.63, 3.8) is 0 Å². The number of phosphoric acid groups is 3. The first kappa shape index (κ1) is 54.1. The van der Waals surface area contributed by atoms with Crippen molar-refractivity contribution in [2.45, 2.75) is 66.2 Å². The van der Waals surface area contributed by atoms with Crippen molar-refractivity contribution >= 4 is 75.3 Å². The van der Waals surface area contributed by atoms with Crippen molar-refractivity contribution < 1.29 is 68.9 Å². The van der Waals surface area contributed by atoms with Crippen molar-refractivity contribution in [2.24, 2.45) is 0 Å². The van der Waals surface area contributed by atoms with E-state index in [0.717, 1.165) is 23.1 Å². The molecule has 0 unspecified atom stereocenters. The summed E-state index contributed by atoms with van der Waals surface area (Å²) in [4.78, 5) is 39.8. The number of nitrogens with zero attached hydrogens (tertiary/aromatic N) is 2. The number of hydrogen-bond donors (Lipinski definition) is 0. The van der Waals surface area contributed by atoms with Crippen molar-refractivity contribution in [3.05, 3.63) is 82.6 Å². The summed E-state index contributed by atoms with van der Waals surface area (Å²) in [6.07, 6.45) is 3.51. The van der Waals surface area contributed by atoms with E-state index in [1.54, 1.807) is 62.0 Å². The predicted octanol–water partition coefficient (Wildman–Crippen LogP) is 11.0. The molecule has 0 radical (unpaired) electrons. The first-order chi connectivity index (χ1) is 29.0. The molecule has 4 rings (SSSR count). The molecule has 0 aromatic heterocycles. The highest BCUT2D eigenvalue weighted by atomic mass is 35.5. The molecule has 340 valence electrons. The van der Waals surface area contributed by atoms with E-state index in [-0.39, 0.29) is 24.0 Å². The summed E-state index contributed by atoms with van der Waals surface area (Å²) in [5.74, 6) is -1.31. The maximum Gasteiger partial charge on any atom is 0.530 e. The van der Waals surface area contributed by atoms with Gasteiger partial charge in [0.15, 0.2) is 0 Å². The quantitative estimate of drug-likeness (QED) is 0.0303. The highest BCUT2D eigenvalue weighted by molar-refractivity contribution is 7.98. The van der Waals surface area contributed by atoms with Crippen LogP contribution in [0.2, 0.25) is 0 Å². The van der Waals surface area contributed by atoms with Crippen LogP contribution in [-0.2, 0) is 54.8 Å². The number of rotatable bonds is 22. The molecule has 3 aromatic rings. The van der Waals surface area contributed by atoms with Crippen LogP contribution in [0.1, 0.15) is 82.0 Å². The molecule has 1 aliphatic rings. The zero-order valence-electron chi connectivity index (χ0n) is 36.1. The fourth-order valence-electron chi connectivity index (χ4n) is 5.00. The number of amides is 3. The van der Waals surface area contributed by atoms with Gasteiger partial charge in [-0.15, -0.1) is 16.8 Å². The van der Waals surface area contributed by atoms with Crippen LogP contribution in [0.4, 0.5) is 0 Å². The van der Waals surface area contributed by atoms with Crippen molar-refractivity contribution in [1.29, 1.82) is 0 Å². The highest BCUT2D eigenvalue weighted by Gasteiger charge is 2.40. The Morgan fingerprint density at radius 3 is 1.62 bits per heavy atom. The molecule has 1 aliphatic heterocycles. The van der Waals surface area contributed by atoms with E-state index in [4.69, 9.17) is 43.4 Å². The van der Waals surface area contributed by atoms with Gasteiger partial charge >= 0.3 is 23.5 Å². The van der Waals surface area contributed by atoms with Gasteiger partial charge in [0.25, 0.3) is 17.7 Å². The van der Waals surface area contributed by atoms with Gasteiger partial charge in [0.2, 0.25) is 0 Å². The Kier molecular flexibility index (Phi) is 23.5. The standard InChI is InChI=1S/C16H16NO6P.C13H21O4PS.C10H19ClNO5P/c1-3-21-24(20,22-4-2)23-17-15(18)12-9-5-7-11-8-6-10-13(14(11)12)16(17)19;1-4-10-15-18(14,16-11-5-2)17-12-6-8-13(19-3)9-7-12;1-6-12(7-2)10(13)9(11)8(3)17-18(14,15-4)16-5/h5-10H,3-4H2,1-2H3;6-9H,4-5,10-11H2,1-3H3;6-7H2,1-5H3/b;;9-8-. The lowest BCUT2D eigenvalue weighted by Gasteiger charge is -2.28. The lowest BCUT2D eigenvalue weighted by molar-refractivity contribution is -0.126. The van der Waals surface area contributed by atoms with Gasteiger partial charge in [0.05, 0.1) is 37.6 Å². The number of likely N-dealkylation sites (N-methyl/N-ethyl adjacent to an activating group) is 1. The lowest BCUT2D eigenvalue weighted by atomic mass is 9.95. The van der Waals surface area contributed by atoms with E-state index >= 15 is 0 Å². The third-order valence-electron chi connectivity index (χ3n) is 7.92. The van der Waals surface area contributed by atoms with E-state index in [1.165, 1.54) is 26.0 Å². The van der Waals surface area contributed by atoms with Crippen LogP contribution in [0, 0.1) is 0 Å². The van der Waals surface area contributed by atoms with Crippen LogP contribution in [0.3, 0.4) is 0 Å². The number of carbonyl (C=O) groups is 3. The Morgan fingerprint density at radius 2 is 1.21 bits per heavy atom. The van der Waals surface area contributed by atoms with Crippen LogP contribution in [0.15, 0.2) is 76.4 Å². The molecule has 22 heteroatoms. The molecular formula is C39H56ClN2O15P3S. The van der Waals surface area contributed by atoms with E-state index in [1.807, 2.05) is 58.2 Å². The Balaban J connectivity index is 0.000000320. The summed E-state index contributed by atoms with van der Waals surface area (Å²) in [5, 5.41) is 1.64. The van der Waals surface area contributed by atoms with Crippen LogP contribution in [-0.4, -0.2) is 87.7 Å². The van der Waals surface area contributed by atoms with E-state index < -0.39 is 41.2 Å². The topological polar surface area (TPSA) is 192 Å². The number of imide groups is 1. The summed E-state index contributed by atoms with van der Waals surface area (Å²) in [6.45, 7) is 14.0. The fourth-order valence-corrected chi connectivity index (χ4v) is 8.87. The number of thioether (sulfide) groups is 1. The van der Waals surface area contributed by atoms with Gasteiger partial charge in [-0.05, 0) is 95.5 Å². The molecule has 0 atom stereocenters. The van der Waals surface area contributed by atoms with Crippen molar-refractivity contribution in [2.75, 3.05) is 60.0 Å². The van der Waals surface area contributed by atoms with Gasteiger partial charge in [-0.1, -0.05) is 49.7 Å². The normalized spacial score (nSPS) is 13.1. The number of benzene rings is 3. The Morgan fingerprint density at radius 1 is 0.721 bits per heavy atom. The average Bonchev–Trinajstić information content (AvgIpc) is 3.26. The summed E-state index contributed by atoms with van der Waals surface area (Å²) in [6, 6.07) is 17.6. The SMILES string of the molecule is CCCOP(=O)(OCCC)Oc1ccc(SC)cc1.CCN(CC)C(=O)/C(Cl)=C(\C)OP(=O)(OC)OC.CCOP(=O)(OCC)ON1C(=O)c2cccc3cccc(c23)C1=O. The molecule has 1 heterocycles. The number of hydrogen-bond acceptors (Lipinski definition) is 16. The largest absolute Gasteiger partial charge is 0.530 e. The molecule has 0 N–H and O–H groups in total. The molecule has 3 aromatic carbocycles. The van der Waals surface area contributed by atoms with E-state index in [2.05, 4.69) is 9.05 Å². The third-order valence-corrected chi connectivity index (χ3v) is 13.4. The van der Waals surface area contributed by atoms with Crippen LogP contribution < -0.4 is 4.52 Å². The predicted molar refractivity (Wildman–Crippen MR) is 235 cm³/mol. The second-order valence-electron chi connectivity index (χ2n) is 12.1. The molecule has 0 bridgehead atoms. The minimum absolute atomic E-state index is 0.000556. The number of allylic oxidation sites excluding steroid dienone is 1. The van der Waals surface area contributed by atoms with Crippen molar-refractivity contribution in [3.8, 4) is 5.75 Å². The summed E-state index contributed by atoms with van der Waals surface area (Å²) >= 11 is 7.52. The van der Waals surface area contributed by atoms with Gasteiger partial charge in [-0.3, -0.25) is 41.5 Å². The molecular weight excluding hydrogens is 897 g/mol. The van der Waals surface area contributed by atoms with Gasteiger partial charge < -0.3 is 13.9 Å². The minimum atomic E-state index is -4.07. The minimum Gasteiger partial charge on any atom is -0.407 e. The lowest BCUT2D eigenvalue weighted by Crippen LogP contribution is -2.39.